The first-order chi connectivity index (χ1) is 31.1. The van der Waals surface area contributed by atoms with Crippen LogP contribution >= 0.6 is 11.6 Å². The number of aryl methyl sites for hydroxylation is 1. The van der Waals surface area contributed by atoms with Crippen molar-refractivity contribution >= 4 is 55.0 Å². The molecule has 0 unspecified atom stereocenters. The number of hydrogen-bond acceptors (Lipinski definition) is 8. The Morgan fingerprint density at radius 3 is 2.36 bits per heavy atom. The zero-order valence-corrected chi connectivity index (χ0v) is 36.9. The Hall–Kier alpha value is -6.43. The predicted octanol–water partition coefficient (Wildman–Crippen LogP) is 7.94. The van der Waals surface area contributed by atoms with Gasteiger partial charge in [-0.2, -0.15) is 37.2 Å². The lowest BCUT2D eigenvalue weighted by Gasteiger charge is -2.25. The Morgan fingerprint density at radius 2 is 1.75 bits per heavy atom. The second-order valence-electron chi connectivity index (χ2n) is 16.4. The molecular formula is C42H36ClF9N10O4S. The number of anilines is 1. The summed E-state index contributed by atoms with van der Waals surface area (Å²) in [7, 11) is -2.66. The molecule has 1 fully saturated rings. The second kappa shape index (κ2) is 16.4. The van der Waals surface area contributed by atoms with E-state index < -0.39 is 111 Å². The van der Waals surface area contributed by atoms with Crippen LogP contribution < -0.4 is 15.6 Å². The third-order valence-electron chi connectivity index (χ3n) is 11.1. The number of nitrogens with zero attached hydrogens (tertiary/aromatic N) is 8. The molecule has 67 heavy (non-hydrogen) atoms. The quantitative estimate of drug-likeness (QED) is 0.104. The summed E-state index contributed by atoms with van der Waals surface area (Å²) in [4.78, 5) is 34.0. The molecule has 25 heteroatoms. The fourth-order valence-corrected chi connectivity index (χ4v) is 9.22. The van der Waals surface area contributed by atoms with E-state index in [9.17, 15) is 43.9 Å². The third-order valence-corrected chi connectivity index (χ3v) is 11.9. The van der Waals surface area contributed by atoms with E-state index in [4.69, 9.17) is 16.6 Å². The highest BCUT2D eigenvalue weighted by Crippen LogP contribution is 2.68. The number of hydrogen-bond donors (Lipinski definition) is 2. The first-order valence-corrected chi connectivity index (χ1v) is 22.3. The fourth-order valence-electron chi connectivity index (χ4n) is 8.55. The Kier molecular flexibility index (Phi) is 11.5. The van der Waals surface area contributed by atoms with Gasteiger partial charge in [0.1, 0.15) is 36.2 Å². The van der Waals surface area contributed by atoms with Crippen molar-refractivity contribution in [3.63, 3.8) is 0 Å². The minimum atomic E-state index is -5.16. The van der Waals surface area contributed by atoms with Crippen molar-refractivity contribution in [1.29, 1.82) is 0 Å². The molecule has 1 amide bonds. The van der Waals surface area contributed by atoms with Gasteiger partial charge in [-0.15, -0.1) is 0 Å². The van der Waals surface area contributed by atoms with Crippen LogP contribution in [-0.4, -0.2) is 65.4 Å². The normalized spacial score (nSPS) is 17.4. The van der Waals surface area contributed by atoms with Crippen LogP contribution in [-0.2, 0) is 53.5 Å². The molecule has 2 aliphatic rings. The average molecular weight is 983 g/mol. The molecule has 354 valence electrons. The van der Waals surface area contributed by atoms with Gasteiger partial charge in [0.15, 0.2) is 11.5 Å². The monoisotopic (exact) mass is 982 g/mol. The zero-order valence-electron chi connectivity index (χ0n) is 35.4. The van der Waals surface area contributed by atoms with E-state index in [1.807, 2.05) is 0 Å². The molecule has 0 bridgehead atoms. The SMILES string of the molecule is C=C(Cl)c1c(NS(C)(=O)=O)nn(C)c1/C(=C\C)n1c([C@H](Cc2cc(F)cc(F)c2)NC(=O)Cn2nc(C(F)(F)F)c3c2C(F)(F)[C@@H]2C[C@H]32)nc2cc(-c3ccn(CC(C)(F)F)n3)ccc2c1=O. The van der Waals surface area contributed by atoms with Crippen LogP contribution in [0.25, 0.3) is 32.9 Å². The number of fused-ring (bicyclic) bond motifs is 4. The van der Waals surface area contributed by atoms with Crippen LogP contribution in [0.4, 0.5) is 45.3 Å². The van der Waals surface area contributed by atoms with Crippen molar-refractivity contribution in [1.82, 2.24) is 44.2 Å². The molecule has 1 saturated carbocycles. The maximum atomic E-state index is 15.6. The summed E-state index contributed by atoms with van der Waals surface area (Å²) in [5.41, 5.74) is -4.46. The minimum Gasteiger partial charge on any atom is -0.344 e. The summed E-state index contributed by atoms with van der Waals surface area (Å²) < 4.78 is 161. The van der Waals surface area contributed by atoms with Crippen molar-refractivity contribution in [2.24, 2.45) is 13.0 Å². The number of aromatic nitrogens is 8. The van der Waals surface area contributed by atoms with Crippen molar-refractivity contribution in [2.75, 3.05) is 11.0 Å². The number of nitrogens with one attached hydrogen (secondary N) is 2. The van der Waals surface area contributed by atoms with Gasteiger partial charge >= 0.3 is 6.18 Å². The smallest absolute Gasteiger partial charge is 0.344 e. The van der Waals surface area contributed by atoms with Crippen molar-refractivity contribution < 1.29 is 52.7 Å². The summed E-state index contributed by atoms with van der Waals surface area (Å²) in [6.07, 6.45) is -2.51. The molecule has 6 aromatic rings. The van der Waals surface area contributed by atoms with E-state index in [0.717, 1.165) is 32.3 Å². The van der Waals surface area contributed by atoms with E-state index in [2.05, 4.69) is 31.9 Å². The van der Waals surface area contributed by atoms with Crippen LogP contribution in [0.1, 0.15) is 71.8 Å². The number of halogens is 10. The van der Waals surface area contributed by atoms with Gasteiger partial charge in [0.05, 0.1) is 45.8 Å². The molecule has 2 aromatic carbocycles. The van der Waals surface area contributed by atoms with Crippen LogP contribution in [0.2, 0.25) is 0 Å². The Morgan fingerprint density at radius 1 is 1.06 bits per heavy atom. The molecule has 3 atom stereocenters. The van der Waals surface area contributed by atoms with Crippen molar-refractivity contribution in [3.05, 3.63) is 123 Å². The summed E-state index contributed by atoms with van der Waals surface area (Å²) in [5.74, 6) is -13.6. The lowest BCUT2D eigenvalue weighted by Crippen LogP contribution is -2.38. The third kappa shape index (κ3) is 9.07. The number of carbonyl (C=O) groups excluding carboxylic acids is 1. The maximum Gasteiger partial charge on any atom is 0.435 e. The molecule has 8 rings (SSSR count). The lowest BCUT2D eigenvalue weighted by molar-refractivity contribution is -0.142. The Bertz CT molecular complexity index is 3220. The van der Waals surface area contributed by atoms with E-state index in [1.165, 1.54) is 50.5 Å². The van der Waals surface area contributed by atoms with Gasteiger partial charge in [0, 0.05) is 54.7 Å². The van der Waals surface area contributed by atoms with Gasteiger partial charge < -0.3 is 5.32 Å². The number of alkyl halides is 7. The Balaban J connectivity index is 1.34. The standard InChI is InChI=1S/C42H36ClF9N10O4S/c1-6-30(34-32(19(2)43)37(57-59(34)4)58-67(5,65)66)62-38(54-28-14-21(7-8-24(28)39(62)64)27-9-10-60(55-27)18-40(3,46)47)29(13-20-11-22(44)15-23(45)12-20)53-31(63)17-61-36-33(35(56-61)42(50,51)52)25-16-26(25)41(36,48)49/h6-12,14-15,25-26,29H,2,13,16-18H2,1,3-5H3,(H,53,63)(H,57,58)/b30-6+/t25-,26+,29-/m0/s1. The van der Waals surface area contributed by atoms with E-state index in [-0.39, 0.29) is 66.6 Å². The topological polar surface area (TPSA) is 164 Å². The predicted molar refractivity (Wildman–Crippen MR) is 226 cm³/mol. The molecular weight excluding hydrogens is 947 g/mol. The fraction of sp³-hybridized carbons (Fsp3) is 0.333. The Labute approximate surface area is 378 Å². The molecule has 4 aromatic heterocycles. The molecule has 14 nitrogen and oxygen atoms in total. The van der Waals surface area contributed by atoms with Crippen LogP contribution in [0.3, 0.4) is 0 Å². The van der Waals surface area contributed by atoms with Gasteiger partial charge in [-0.25, -0.2) is 31.0 Å². The van der Waals surface area contributed by atoms with Crippen LogP contribution in [0.5, 0.6) is 0 Å². The maximum absolute atomic E-state index is 15.6. The first kappa shape index (κ1) is 47.1. The van der Waals surface area contributed by atoms with Gasteiger partial charge in [-0.1, -0.05) is 30.3 Å². The molecule has 2 N–H and O–H groups in total. The van der Waals surface area contributed by atoms with E-state index in [0.29, 0.717) is 13.0 Å². The van der Waals surface area contributed by atoms with Crippen LogP contribution in [0.15, 0.2) is 66.1 Å². The highest BCUT2D eigenvalue weighted by atomic mass is 35.5. The van der Waals surface area contributed by atoms with Gasteiger partial charge in [-0.05, 0) is 55.2 Å². The van der Waals surface area contributed by atoms with E-state index >= 15 is 13.6 Å². The molecule has 0 radical (unpaired) electrons. The number of rotatable bonds is 14. The molecule has 0 saturated heterocycles. The van der Waals surface area contributed by atoms with Gasteiger partial charge in [0.25, 0.3) is 17.4 Å². The summed E-state index contributed by atoms with van der Waals surface area (Å²) >= 11 is 6.46. The summed E-state index contributed by atoms with van der Waals surface area (Å²) in [5, 5.41) is 14.0. The first-order valence-electron chi connectivity index (χ1n) is 20.0. The average Bonchev–Trinajstić information content (AvgIpc) is 3.40. The minimum absolute atomic E-state index is 0.0671. The van der Waals surface area contributed by atoms with E-state index in [1.54, 1.807) is 0 Å². The number of amides is 1. The number of carbonyl (C=O) groups is 1. The van der Waals surface area contributed by atoms with Crippen LogP contribution in [0, 0.1) is 17.6 Å². The van der Waals surface area contributed by atoms with Gasteiger partial charge in [-0.3, -0.25) is 32.9 Å². The number of allylic oxidation sites excluding steroid dienone is 1. The molecule has 2 aliphatic carbocycles. The molecule has 0 aliphatic heterocycles. The van der Waals surface area contributed by atoms with Crippen molar-refractivity contribution in [3.8, 4) is 11.3 Å². The highest BCUT2D eigenvalue weighted by molar-refractivity contribution is 7.92. The van der Waals surface area contributed by atoms with Crippen molar-refractivity contribution in [2.45, 2.75) is 69.8 Å². The molecule has 4 heterocycles. The summed E-state index contributed by atoms with van der Waals surface area (Å²) in [6.45, 7) is 3.89. The molecule has 0 spiro atoms. The largest absolute Gasteiger partial charge is 0.435 e. The van der Waals surface area contributed by atoms with Gasteiger partial charge in [0.2, 0.25) is 15.9 Å². The summed E-state index contributed by atoms with van der Waals surface area (Å²) in [6, 6.07) is 6.18. The lowest BCUT2D eigenvalue weighted by atomic mass is 10.0. The number of sulfonamides is 1. The zero-order chi connectivity index (χ0) is 48.9. The highest BCUT2D eigenvalue weighted by Gasteiger charge is 2.68. The second-order valence-corrected chi connectivity index (χ2v) is 18.6. The number of benzene rings is 2.